The first-order valence-corrected chi connectivity index (χ1v) is 6.20. The van der Waals surface area contributed by atoms with E-state index in [9.17, 15) is 10.1 Å². The number of nitrogens with zero attached hydrogens (tertiary/aromatic N) is 1. The Bertz CT molecular complexity index is 466. The maximum Gasteiger partial charge on any atom is 0.187 e. The monoisotopic (exact) mass is 261 g/mol. The van der Waals surface area contributed by atoms with Crippen molar-refractivity contribution in [1.82, 2.24) is 0 Å². The van der Waals surface area contributed by atoms with E-state index in [2.05, 4.69) is 6.07 Å². The molecule has 0 aliphatic rings. The van der Waals surface area contributed by atoms with Crippen LogP contribution in [-0.2, 0) is 0 Å². The minimum absolute atomic E-state index is 0.245. The number of nitriles is 1. The van der Waals surface area contributed by atoms with E-state index in [4.69, 9.17) is 9.47 Å². The molecule has 19 heavy (non-hydrogen) atoms. The Morgan fingerprint density at radius 2 is 1.79 bits per heavy atom. The van der Waals surface area contributed by atoms with Gasteiger partial charge in [0, 0.05) is 0 Å². The molecule has 0 amide bonds. The number of benzene rings is 1. The molecule has 1 rings (SSSR count). The van der Waals surface area contributed by atoms with Crippen LogP contribution in [0, 0.1) is 23.2 Å². The smallest absolute Gasteiger partial charge is 0.187 e. The summed E-state index contributed by atoms with van der Waals surface area (Å²) < 4.78 is 10.4. The first kappa shape index (κ1) is 15.0. The van der Waals surface area contributed by atoms with Crippen molar-refractivity contribution >= 4 is 5.78 Å². The molecule has 102 valence electrons. The molecule has 0 radical (unpaired) electrons. The van der Waals surface area contributed by atoms with Gasteiger partial charge in [-0.3, -0.25) is 4.79 Å². The molecule has 1 aromatic carbocycles. The largest absolute Gasteiger partial charge is 0.496 e. The highest BCUT2D eigenvalue weighted by Gasteiger charge is 2.26. The second kappa shape index (κ2) is 6.79. The molecular formula is C15H19NO3. The van der Waals surface area contributed by atoms with Crippen LogP contribution in [0.2, 0.25) is 0 Å². The van der Waals surface area contributed by atoms with Crippen molar-refractivity contribution in [2.75, 3.05) is 14.2 Å². The summed E-state index contributed by atoms with van der Waals surface area (Å²) >= 11 is 0. The van der Waals surface area contributed by atoms with Crippen LogP contribution in [0.15, 0.2) is 18.2 Å². The number of hydrogen-bond acceptors (Lipinski definition) is 4. The third kappa shape index (κ3) is 3.47. The summed E-state index contributed by atoms with van der Waals surface area (Å²) in [7, 11) is 2.99. The predicted molar refractivity (Wildman–Crippen MR) is 72.4 cm³/mol. The van der Waals surface area contributed by atoms with E-state index in [0.717, 1.165) is 0 Å². The average molecular weight is 261 g/mol. The Labute approximate surface area is 113 Å². The van der Waals surface area contributed by atoms with Gasteiger partial charge in [-0.1, -0.05) is 19.9 Å². The molecule has 1 atom stereocenters. The second-order valence-electron chi connectivity index (χ2n) is 4.71. The molecule has 1 unspecified atom stereocenters. The van der Waals surface area contributed by atoms with Gasteiger partial charge in [0.05, 0.1) is 20.3 Å². The van der Waals surface area contributed by atoms with Crippen LogP contribution in [-0.4, -0.2) is 20.0 Å². The van der Waals surface area contributed by atoms with Gasteiger partial charge in [-0.2, -0.15) is 5.26 Å². The Morgan fingerprint density at radius 3 is 2.16 bits per heavy atom. The molecule has 0 aromatic heterocycles. The quantitative estimate of drug-likeness (QED) is 0.738. The van der Waals surface area contributed by atoms with Gasteiger partial charge in [-0.25, -0.2) is 0 Å². The Hall–Kier alpha value is -2.02. The van der Waals surface area contributed by atoms with Gasteiger partial charge in [0.25, 0.3) is 0 Å². The van der Waals surface area contributed by atoms with Gasteiger partial charge >= 0.3 is 0 Å². The number of ketones is 1. The normalized spacial score (nSPS) is 11.8. The molecule has 0 saturated heterocycles. The number of rotatable bonds is 6. The molecule has 0 saturated carbocycles. The van der Waals surface area contributed by atoms with Crippen molar-refractivity contribution < 1.29 is 14.3 Å². The van der Waals surface area contributed by atoms with E-state index in [1.165, 1.54) is 14.2 Å². The van der Waals surface area contributed by atoms with Crippen LogP contribution in [0.3, 0.4) is 0 Å². The number of hydrogen-bond donors (Lipinski definition) is 0. The van der Waals surface area contributed by atoms with E-state index in [-0.39, 0.29) is 11.7 Å². The zero-order valence-corrected chi connectivity index (χ0v) is 11.8. The number of carbonyl (C=O) groups is 1. The average Bonchev–Trinajstić information content (AvgIpc) is 2.42. The molecular weight excluding hydrogens is 242 g/mol. The fourth-order valence-corrected chi connectivity index (χ4v) is 1.96. The third-order valence-electron chi connectivity index (χ3n) is 2.85. The van der Waals surface area contributed by atoms with Gasteiger partial charge in [-0.15, -0.1) is 0 Å². The SMILES string of the molecule is COc1cccc(OC)c1C(=O)C(C#N)CC(C)C. The maximum absolute atomic E-state index is 12.5. The van der Waals surface area contributed by atoms with E-state index in [1.54, 1.807) is 18.2 Å². The van der Waals surface area contributed by atoms with Gasteiger partial charge in [-0.05, 0) is 24.5 Å². The predicted octanol–water partition coefficient (Wildman–Crippen LogP) is 3.07. The molecule has 4 heteroatoms. The Balaban J connectivity index is 3.20. The van der Waals surface area contributed by atoms with Crippen LogP contribution < -0.4 is 9.47 Å². The lowest BCUT2D eigenvalue weighted by atomic mass is 9.90. The highest BCUT2D eigenvalue weighted by Crippen LogP contribution is 2.31. The fourth-order valence-electron chi connectivity index (χ4n) is 1.96. The van der Waals surface area contributed by atoms with Crippen LogP contribution in [0.25, 0.3) is 0 Å². The molecule has 0 spiro atoms. The Morgan fingerprint density at radius 1 is 1.26 bits per heavy atom. The van der Waals surface area contributed by atoms with Crippen molar-refractivity contribution in [2.45, 2.75) is 20.3 Å². The molecule has 0 N–H and O–H groups in total. The minimum atomic E-state index is -0.676. The summed E-state index contributed by atoms with van der Waals surface area (Å²) in [6, 6.07) is 7.21. The summed E-state index contributed by atoms with van der Waals surface area (Å²) in [5.74, 6) is 0.228. The first-order valence-electron chi connectivity index (χ1n) is 6.20. The van der Waals surface area contributed by atoms with Crippen molar-refractivity contribution in [3.8, 4) is 17.6 Å². The maximum atomic E-state index is 12.5. The van der Waals surface area contributed by atoms with Crippen LogP contribution in [0.4, 0.5) is 0 Å². The van der Waals surface area contributed by atoms with Gasteiger partial charge < -0.3 is 9.47 Å². The van der Waals surface area contributed by atoms with Crippen molar-refractivity contribution in [3.63, 3.8) is 0 Å². The van der Waals surface area contributed by atoms with Crippen LogP contribution in [0.1, 0.15) is 30.6 Å². The van der Waals surface area contributed by atoms with E-state index in [0.29, 0.717) is 23.5 Å². The summed E-state index contributed by atoms with van der Waals surface area (Å²) in [5.41, 5.74) is 0.347. The molecule has 1 aromatic rings. The molecule has 0 heterocycles. The minimum Gasteiger partial charge on any atom is -0.496 e. The molecule has 0 bridgehead atoms. The molecule has 0 fully saturated rings. The summed E-state index contributed by atoms with van der Waals surface area (Å²) in [6.07, 6.45) is 0.524. The van der Waals surface area contributed by atoms with Gasteiger partial charge in [0.1, 0.15) is 23.0 Å². The highest BCUT2D eigenvalue weighted by atomic mass is 16.5. The molecule has 0 aliphatic carbocycles. The number of Topliss-reactive ketones (excluding diaryl/α,β-unsaturated/α-hetero) is 1. The van der Waals surface area contributed by atoms with E-state index < -0.39 is 5.92 Å². The highest BCUT2D eigenvalue weighted by molar-refractivity contribution is 6.04. The Kier molecular flexibility index (Phi) is 5.37. The summed E-state index contributed by atoms with van der Waals surface area (Å²) in [5, 5.41) is 9.18. The fraction of sp³-hybridized carbons (Fsp3) is 0.467. The molecule has 0 aliphatic heterocycles. The van der Waals surface area contributed by atoms with E-state index >= 15 is 0 Å². The standard InChI is InChI=1S/C15H19NO3/c1-10(2)8-11(9-16)15(17)14-12(18-3)6-5-7-13(14)19-4/h5-7,10-11H,8H2,1-4H3. The topological polar surface area (TPSA) is 59.3 Å². The number of methoxy groups -OCH3 is 2. The third-order valence-corrected chi connectivity index (χ3v) is 2.85. The lowest BCUT2D eigenvalue weighted by Crippen LogP contribution is -2.17. The second-order valence-corrected chi connectivity index (χ2v) is 4.71. The zero-order chi connectivity index (χ0) is 14.4. The van der Waals surface area contributed by atoms with Crippen LogP contribution in [0.5, 0.6) is 11.5 Å². The van der Waals surface area contributed by atoms with Crippen molar-refractivity contribution in [3.05, 3.63) is 23.8 Å². The van der Waals surface area contributed by atoms with Crippen LogP contribution >= 0.6 is 0 Å². The zero-order valence-electron chi connectivity index (χ0n) is 11.8. The van der Waals surface area contributed by atoms with Crippen molar-refractivity contribution in [1.29, 1.82) is 5.26 Å². The summed E-state index contributed by atoms with van der Waals surface area (Å²) in [6.45, 7) is 3.97. The van der Waals surface area contributed by atoms with Crippen molar-refractivity contribution in [2.24, 2.45) is 11.8 Å². The van der Waals surface area contributed by atoms with Gasteiger partial charge in [0.2, 0.25) is 0 Å². The number of carbonyl (C=O) groups excluding carboxylic acids is 1. The lowest BCUT2D eigenvalue weighted by molar-refractivity contribution is 0.0930. The first-order chi connectivity index (χ1) is 9.04. The molecule has 4 nitrogen and oxygen atoms in total. The number of ether oxygens (including phenoxy) is 2. The van der Waals surface area contributed by atoms with Gasteiger partial charge in [0.15, 0.2) is 5.78 Å². The lowest BCUT2D eigenvalue weighted by Gasteiger charge is -2.15. The summed E-state index contributed by atoms with van der Waals surface area (Å²) in [4.78, 5) is 12.5. The van der Waals surface area contributed by atoms with E-state index in [1.807, 2.05) is 13.8 Å².